The monoisotopic (exact) mass is 213 g/mol. The minimum Gasteiger partial charge on any atom is -0.257 e. The van der Waals surface area contributed by atoms with E-state index in [0.717, 1.165) is 0 Å². The van der Waals surface area contributed by atoms with Gasteiger partial charge in [-0.3, -0.25) is 4.99 Å². The molecular weight excluding hydrogens is 194 g/mol. The number of para-hydroxylation sites is 1. The first kappa shape index (κ1) is 10.1. The molecule has 84 valence electrons. The molecule has 1 aromatic carbocycles. The van der Waals surface area contributed by atoms with Gasteiger partial charge in [-0.2, -0.15) is 0 Å². The van der Waals surface area contributed by atoms with E-state index >= 15 is 0 Å². The third-order valence-corrected chi connectivity index (χ3v) is 4.39. The van der Waals surface area contributed by atoms with Crippen LogP contribution in [0.2, 0.25) is 0 Å². The Labute approximate surface area is 97.6 Å². The first-order valence-electron chi connectivity index (χ1n) is 6.44. The second-order valence-electron chi connectivity index (χ2n) is 5.34. The third-order valence-electron chi connectivity index (χ3n) is 4.39. The summed E-state index contributed by atoms with van der Waals surface area (Å²) in [6, 6.07) is 8.64. The number of benzene rings is 1. The van der Waals surface area contributed by atoms with Gasteiger partial charge in [0, 0.05) is 11.1 Å². The van der Waals surface area contributed by atoms with E-state index in [-0.39, 0.29) is 0 Å². The number of nitrogens with zero attached hydrogens (tertiary/aromatic N) is 1. The van der Waals surface area contributed by atoms with E-state index in [1.807, 2.05) is 0 Å². The number of aliphatic imine (C=N–C) groups is 1. The Morgan fingerprint density at radius 2 is 1.81 bits per heavy atom. The van der Waals surface area contributed by atoms with E-state index in [1.54, 1.807) is 0 Å². The predicted octanol–water partition coefficient (Wildman–Crippen LogP) is 4.29. The van der Waals surface area contributed by atoms with Gasteiger partial charge in [-0.1, -0.05) is 37.5 Å². The van der Waals surface area contributed by atoms with Gasteiger partial charge in [-0.15, -0.1) is 0 Å². The molecule has 1 aliphatic heterocycles. The minimum atomic E-state index is 0.409. The normalized spacial score (nSPS) is 22.7. The minimum absolute atomic E-state index is 0.409. The molecule has 0 radical (unpaired) electrons. The van der Waals surface area contributed by atoms with E-state index in [9.17, 15) is 0 Å². The highest BCUT2D eigenvalue weighted by molar-refractivity contribution is 5.92. The fourth-order valence-corrected chi connectivity index (χ4v) is 3.33. The number of rotatable bonds is 0. The van der Waals surface area contributed by atoms with E-state index in [0.29, 0.717) is 5.41 Å². The Morgan fingerprint density at radius 1 is 1.06 bits per heavy atom. The molecule has 1 heterocycles. The van der Waals surface area contributed by atoms with Crippen molar-refractivity contribution >= 4 is 11.4 Å². The van der Waals surface area contributed by atoms with E-state index < -0.39 is 0 Å². The topological polar surface area (TPSA) is 12.4 Å². The van der Waals surface area contributed by atoms with E-state index in [1.165, 1.54) is 55.5 Å². The van der Waals surface area contributed by atoms with Crippen LogP contribution in [0.3, 0.4) is 0 Å². The van der Waals surface area contributed by atoms with Crippen molar-refractivity contribution in [3.05, 3.63) is 29.8 Å². The lowest BCUT2D eigenvalue weighted by atomic mass is 9.66. The zero-order chi connectivity index (χ0) is 11.0. The highest BCUT2D eigenvalue weighted by Crippen LogP contribution is 2.45. The van der Waals surface area contributed by atoms with Crippen LogP contribution >= 0.6 is 0 Å². The molecule has 2 aliphatic rings. The summed E-state index contributed by atoms with van der Waals surface area (Å²) in [5.41, 5.74) is 4.45. The molecule has 1 saturated carbocycles. The average Bonchev–Trinajstić information content (AvgIpc) is 2.32. The molecule has 1 fully saturated rings. The van der Waals surface area contributed by atoms with Crippen molar-refractivity contribution < 1.29 is 0 Å². The van der Waals surface area contributed by atoms with Crippen LogP contribution in [0.5, 0.6) is 0 Å². The van der Waals surface area contributed by atoms with Crippen LogP contribution in [0.25, 0.3) is 0 Å². The molecule has 16 heavy (non-hydrogen) atoms. The van der Waals surface area contributed by atoms with Gasteiger partial charge in [0.15, 0.2) is 0 Å². The van der Waals surface area contributed by atoms with Crippen LogP contribution in [0.15, 0.2) is 29.3 Å². The molecule has 1 aliphatic carbocycles. The summed E-state index contributed by atoms with van der Waals surface area (Å²) in [6.07, 6.45) is 8.09. The fraction of sp³-hybridized carbons (Fsp3) is 0.533. The molecule has 1 aromatic rings. The third kappa shape index (κ3) is 1.50. The Bertz CT molecular complexity index is 425. The fourth-order valence-electron chi connectivity index (χ4n) is 3.33. The van der Waals surface area contributed by atoms with Crippen LogP contribution in [0.4, 0.5) is 5.69 Å². The van der Waals surface area contributed by atoms with Crippen molar-refractivity contribution in [2.24, 2.45) is 10.4 Å². The van der Waals surface area contributed by atoms with Crippen molar-refractivity contribution in [2.45, 2.75) is 45.4 Å². The molecule has 0 unspecified atom stereocenters. The lowest BCUT2D eigenvalue weighted by molar-refractivity contribution is 0.278. The van der Waals surface area contributed by atoms with Crippen LogP contribution in [0, 0.1) is 5.41 Å². The predicted molar refractivity (Wildman–Crippen MR) is 68.4 cm³/mol. The quantitative estimate of drug-likeness (QED) is 0.609. The summed E-state index contributed by atoms with van der Waals surface area (Å²) in [4.78, 5) is 4.84. The molecule has 0 bridgehead atoms. The first-order valence-corrected chi connectivity index (χ1v) is 6.44. The van der Waals surface area contributed by atoms with E-state index in [2.05, 4.69) is 31.2 Å². The van der Waals surface area contributed by atoms with Gasteiger partial charge >= 0.3 is 0 Å². The second kappa shape index (κ2) is 3.73. The zero-order valence-electron chi connectivity index (χ0n) is 10.00. The smallest absolute Gasteiger partial charge is 0.0661 e. The SMILES string of the molecule is CC1=Nc2ccccc2CC12CCCCC2. The number of hydrogen-bond acceptors (Lipinski definition) is 1. The molecule has 0 N–H and O–H groups in total. The van der Waals surface area contributed by atoms with Crippen molar-refractivity contribution in [2.75, 3.05) is 0 Å². The van der Waals surface area contributed by atoms with Gasteiger partial charge in [-0.05, 0) is 37.8 Å². The standard InChI is InChI=1S/C15H19N/c1-12-15(9-5-2-6-10-15)11-13-7-3-4-8-14(13)16-12/h3-4,7-8H,2,5-6,9-11H2,1H3. The van der Waals surface area contributed by atoms with E-state index in [4.69, 9.17) is 4.99 Å². The van der Waals surface area contributed by atoms with Crippen molar-refractivity contribution in [1.82, 2.24) is 0 Å². The van der Waals surface area contributed by atoms with Crippen molar-refractivity contribution in [3.8, 4) is 0 Å². The lowest BCUT2D eigenvalue weighted by Gasteiger charge is -2.40. The zero-order valence-corrected chi connectivity index (χ0v) is 10.00. The summed E-state index contributed by atoms with van der Waals surface area (Å²) in [5, 5.41) is 0. The summed E-state index contributed by atoms with van der Waals surface area (Å²) < 4.78 is 0. The molecule has 0 amide bonds. The molecule has 0 atom stereocenters. The largest absolute Gasteiger partial charge is 0.257 e. The summed E-state index contributed by atoms with van der Waals surface area (Å²) in [6.45, 7) is 2.24. The van der Waals surface area contributed by atoms with Crippen LogP contribution < -0.4 is 0 Å². The first-order chi connectivity index (χ1) is 7.80. The summed E-state index contributed by atoms with van der Waals surface area (Å²) in [7, 11) is 0. The molecule has 1 nitrogen and oxygen atoms in total. The van der Waals surface area contributed by atoms with Gasteiger partial charge < -0.3 is 0 Å². The molecule has 1 heteroatoms. The molecule has 0 aromatic heterocycles. The Balaban J connectivity index is 2.02. The lowest BCUT2D eigenvalue weighted by Crippen LogP contribution is -2.35. The maximum atomic E-state index is 4.84. The molecule has 1 spiro atoms. The number of hydrogen-bond donors (Lipinski definition) is 0. The van der Waals surface area contributed by atoms with Crippen LogP contribution in [0.1, 0.15) is 44.6 Å². The molecule has 3 rings (SSSR count). The van der Waals surface area contributed by atoms with Crippen LogP contribution in [-0.4, -0.2) is 5.71 Å². The van der Waals surface area contributed by atoms with Crippen molar-refractivity contribution in [1.29, 1.82) is 0 Å². The van der Waals surface area contributed by atoms with Gasteiger partial charge in [0.2, 0.25) is 0 Å². The van der Waals surface area contributed by atoms with Gasteiger partial charge in [0.25, 0.3) is 0 Å². The summed E-state index contributed by atoms with van der Waals surface area (Å²) >= 11 is 0. The Kier molecular flexibility index (Phi) is 2.34. The highest BCUT2D eigenvalue weighted by atomic mass is 14.8. The Hall–Kier alpha value is -1.11. The maximum Gasteiger partial charge on any atom is 0.0661 e. The van der Waals surface area contributed by atoms with Gasteiger partial charge in [-0.25, -0.2) is 0 Å². The molecule has 0 saturated heterocycles. The Morgan fingerprint density at radius 3 is 2.62 bits per heavy atom. The second-order valence-corrected chi connectivity index (χ2v) is 5.34. The number of fused-ring (bicyclic) bond motifs is 1. The van der Waals surface area contributed by atoms with Gasteiger partial charge in [0.05, 0.1) is 5.69 Å². The van der Waals surface area contributed by atoms with Gasteiger partial charge in [0.1, 0.15) is 0 Å². The van der Waals surface area contributed by atoms with Crippen molar-refractivity contribution in [3.63, 3.8) is 0 Å². The maximum absolute atomic E-state index is 4.84. The highest BCUT2D eigenvalue weighted by Gasteiger charge is 2.37. The molecular formula is C15H19N. The van der Waals surface area contributed by atoms with Crippen LogP contribution in [-0.2, 0) is 6.42 Å². The average molecular weight is 213 g/mol. The summed E-state index contributed by atoms with van der Waals surface area (Å²) in [5.74, 6) is 0.